The standard InChI is InChI=1S/C45H29N5OS/c51-52(45-47-43(30-14-4-1-5-15-30)46-44(48-45)31-16-6-2-7-17-31)42-23-13-11-21-36(42)37-28-32(24-26-39(37)49-52)33-25-27-41-38(29-33)35-20-10-12-22-40(35)50(41)34-18-8-3-9-19-34/h1-29H. The molecule has 0 amide bonds. The Balaban J connectivity index is 1.14. The van der Waals surface area contributed by atoms with E-state index in [1.54, 1.807) is 0 Å². The Hall–Kier alpha value is -6.70. The summed E-state index contributed by atoms with van der Waals surface area (Å²) < 4.78 is 22.7. The van der Waals surface area contributed by atoms with E-state index in [2.05, 4.69) is 83.4 Å². The van der Waals surface area contributed by atoms with Gasteiger partial charge in [0.2, 0.25) is 5.16 Å². The van der Waals surface area contributed by atoms with Gasteiger partial charge in [0.1, 0.15) is 9.73 Å². The van der Waals surface area contributed by atoms with Crippen LogP contribution in [0.5, 0.6) is 0 Å². The first-order chi connectivity index (χ1) is 25.6. The highest BCUT2D eigenvalue weighted by Crippen LogP contribution is 2.46. The number of hydrogen-bond acceptors (Lipinski definition) is 5. The highest BCUT2D eigenvalue weighted by atomic mass is 32.2. The highest BCUT2D eigenvalue weighted by molar-refractivity contribution is 7.93. The average molecular weight is 688 g/mol. The van der Waals surface area contributed by atoms with Gasteiger partial charge in [0.15, 0.2) is 11.6 Å². The van der Waals surface area contributed by atoms with Gasteiger partial charge >= 0.3 is 0 Å². The summed E-state index contributed by atoms with van der Waals surface area (Å²) in [7, 11) is -3.30. The zero-order valence-corrected chi connectivity index (χ0v) is 28.6. The Morgan fingerprint density at radius 3 is 1.75 bits per heavy atom. The number of para-hydroxylation sites is 2. The van der Waals surface area contributed by atoms with Crippen LogP contribution in [0.15, 0.2) is 190 Å². The summed E-state index contributed by atoms with van der Waals surface area (Å²) in [5.74, 6) is 0.898. The smallest absolute Gasteiger partial charge is 0.236 e. The van der Waals surface area contributed by atoms with E-state index in [4.69, 9.17) is 19.3 Å². The van der Waals surface area contributed by atoms with Gasteiger partial charge in [-0.2, -0.15) is 14.3 Å². The van der Waals surface area contributed by atoms with Gasteiger partial charge < -0.3 is 4.57 Å². The Morgan fingerprint density at radius 2 is 1.02 bits per heavy atom. The molecular formula is C45H29N5OS. The van der Waals surface area contributed by atoms with Gasteiger partial charge in [0, 0.05) is 38.7 Å². The van der Waals surface area contributed by atoms with Gasteiger partial charge in [0.25, 0.3) is 0 Å². The second kappa shape index (κ2) is 12.0. The minimum absolute atomic E-state index is 0.141. The number of fused-ring (bicyclic) bond motifs is 6. The molecule has 0 spiro atoms. The van der Waals surface area contributed by atoms with Gasteiger partial charge in [0.05, 0.1) is 21.6 Å². The molecule has 0 fully saturated rings. The van der Waals surface area contributed by atoms with E-state index in [0.717, 1.165) is 50.1 Å². The molecule has 0 bridgehead atoms. The molecule has 1 atom stereocenters. The van der Waals surface area contributed by atoms with Crippen molar-refractivity contribution in [3.05, 3.63) is 176 Å². The lowest BCUT2D eigenvalue weighted by molar-refractivity contribution is 0.667. The van der Waals surface area contributed by atoms with E-state index < -0.39 is 9.73 Å². The lowest BCUT2D eigenvalue weighted by atomic mass is 9.96. The minimum atomic E-state index is -3.30. The number of nitrogens with zero attached hydrogens (tertiary/aromatic N) is 5. The van der Waals surface area contributed by atoms with Crippen LogP contribution in [-0.2, 0) is 9.73 Å². The van der Waals surface area contributed by atoms with E-state index >= 15 is 4.21 Å². The summed E-state index contributed by atoms with van der Waals surface area (Å²) in [6, 6.07) is 59.1. The van der Waals surface area contributed by atoms with Crippen LogP contribution < -0.4 is 0 Å². The van der Waals surface area contributed by atoms with Crippen molar-refractivity contribution in [2.75, 3.05) is 0 Å². The highest BCUT2D eigenvalue weighted by Gasteiger charge is 2.30. The monoisotopic (exact) mass is 687 g/mol. The van der Waals surface area contributed by atoms with Crippen LogP contribution in [0.4, 0.5) is 5.69 Å². The van der Waals surface area contributed by atoms with Crippen LogP contribution in [0, 0.1) is 0 Å². The molecule has 1 aliphatic rings. The Labute approximate surface area is 300 Å². The van der Waals surface area contributed by atoms with Gasteiger partial charge in [-0.3, -0.25) is 0 Å². The number of hydrogen-bond donors (Lipinski definition) is 0. The van der Waals surface area contributed by atoms with Gasteiger partial charge in [-0.1, -0.05) is 127 Å². The predicted octanol–water partition coefficient (Wildman–Crippen LogP) is 11.2. The Morgan fingerprint density at radius 1 is 0.442 bits per heavy atom. The van der Waals surface area contributed by atoms with Crippen LogP contribution >= 0.6 is 0 Å². The predicted molar refractivity (Wildman–Crippen MR) is 209 cm³/mol. The normalized spacial score (nSPS) is 14.8. The van der Waals surface area contributed by atoms with E-state index in [1.165, 1.54) is 10.8 Å². The third-order valence-corrected chi connectivity index (χ3v) is 11.7. The number of benzene rings is 7. The van der Waals surface area contributed by atoms with E-state index in [0.29, 0.717) is 22.2 Å². The third-order valence-electron chi connectivity index (χ3n) is 9.65. The van der Waals surface area contributed by atoms with Crippen molar-refractivity contribution in [2.45, 2.75) is 10.1 Å². The molecule has 9 aromatic rings. The largest absolute Gasteiger partial charge is 0.309 e. The molecule has 52 heavy (non-hydrogen) atoms. The molecule has 1 unspecified atom stereocenters. The van der Waals surface area contributed by atoms with Crippen LogP contribution in [0.2, 0.25) is 0 Å². The number of aromatic nitrogens is 4. The molecule has 3 heterocycles. The first-order valence-corrected chi connectivity index (χ1v) is 18.6. The summed E-state index contributed by atoms with van der Waals surface area (Å²) in [6.45, 7) is 0. The van der Waals surface area contributed by atoms with Gasteiger partial charge in [-0.05, 0) is 59.7 Å². The molecule has 0 saturated carbocycles. The summed E-state index contributed by atoms with van der Waals surface area (Å²) >= 11 is 0. The summed E-state index contributed by atoms with van der Waals surface area (Å²) in [5.41, 5.74) is 9.60. The molecule has 6 nitrogen and oxygen atoms in total. The van der Waals surface area contributed by atoms with Crippen molar-refractivity contribution in [2.24, 2.45) is 4.36 Å². The summed E-state index contributed by atoms with van der Waals surface area (Å²) in [5, 5.41) is 2.52. The quantitative estimate of drug-likeness (QED) is 0.180. The topological polar surface area (TPSA) is 73.0 Å². The van der Waals surface area contributed by atoms with Crippen molar-refractivity contribution in [1.82, 2.24) is 19.5 Å². The van der Waals surface area contributed by atoms with Crippen LogP contribution in [0.3, 0.4) is 0 Å². The maximum Gasteiger partial charge on any atom is 0.236 e. The lowest BCUT2D eigenvalue weighted by Gasteiger charge is -2.21. The van der Waals surface area contributed by atoms with Crippen molar-refractivity contribution >= 4 is 37.2 Å². The Bertz CT molecular complexity index is 2890. The molecule has 7 aromatic carbocycles. The third kappa shape index (κ3) is 4.86. The maximum absolute atomic E-state index is 15.4. The average Bonchev–Trinajstić information content (AvgIpc) is 3.55. The van der Waals surface area contributed by atoms with Crippen LogP contribution in [0.25, 0.3) is 72.5 Å². The number of rotatable bonds is 5. The van der Waals surface area contributed by atoms with E-state index in [9.17, 15) is 0 Å². The molecule has 1 aliphatic heterocycles. The second-order valence-electron chi connectivity index (χ2n) is 12.8. The van der Waals surface area contributed by atoms with Crippen LogP contribution in [-0.4, -0.2) is 23.7 Å². The van der Waals surface area contributed by atoms with Crippen molar-refractivity contribution in [3.8, 4) is 50.7 Å². The minimum Gasteiger partial charge on any atom is -0.309 e. The molecule has 10 rings (SSSR count). The van der Waals surface area contributed by atoms with Crippen molar-refractivity contribution in [3.63, 3.8) is 0 Å². The fourth-order valence-electron chi connectivity index (χ4n) is 7.19. The lowest BCUT2D eigenvalue weighted by Crippen LogP contribution is -2.13. The molecule has 0 radical (unpaired) electrons. The molecule has 7 heteroatoms. The SMILES string of the molecule is O=S1(c2nc(-c3ccccc3)nc(-c3ccccc3)n2)=Nc2ccc(-c3ccc4c(c3)c3ccccc3n4-c3ccccc3)cc2-c2ccccc21. The summed E-state index contributed by atoms with van der Waals surface area (Å²) in [6.07, 6.45) is 0. The van der Waals surface area contributed by atoms with Crippen molar-refractivity contribution < 1.29 is 4.21 Å². The molecule has 0 saturated heterocycles. The van der Waals surface area contributed by atoms with Gasteiger partial charge in [-0.25, -0.2) is 9.19 Å². The summed E-state index contributed by atoms with van der Waals surface area (Å²) in [4.78, 5) is 15.1. The maximum atomic E-state index is 15.4. The zero-order valence-electron chi connectivity index (χ0n) is 27.8. The first-order valence-electron chi connectivity index (χ1n) is 17.1. The first kappa shape index (κ1) is 30.2. The van der Waals surface area contributed by atoms with E-state index in [-0.39, 0.29) is 5.16 Å². The molecule has 2 aromatic heterocycles. The van der Waals surface area contributed by atoms with Crippen molar-refractivity contribution in [1.29, 1.82) is 0 Å². The molecule has 0 N–H and O–H groups in total. The fraction of sp³-hybridized carbons (Fsp3) is 0. The fourth-order valence-corrected chi connectivity index (χ4v) is 9.16. The van der Waals surface area contributed by atoms with Crippen LogP contribution in [0.1, 0.15) is 0 Å². The molecule has 0 aliphatic carbocycles. The second-order valence-corrected chi connectivity index (χ2v) is 14.8. The van der Waals surface area contributed by atoms with E-state index in [1.807, 2.05) is 97.1 Å². The molecule has 246 valence electrons. The Kier molecular flexibility index (Phi) is 6.94. The zero-order chi connectivity index (χ0) is 34.6. The van der Waals surface area contributed by atoms with Gasteiger partial charge in [-0.15, -0.1) is 0 Å². The molecular weight excluding hydrogens is 659 g/mol.